The van der Waals surface area contributed by atoms with Crippen LogP contribution in [0.4, 0.5) is 0 Å². The molecule has 0 spiro atoms. The Morgan fingerprint density at radius 3 is 2.33 bits per heavy atom. The summed E-state index contributed by atoms with van der Waals surface area (Å²) >= 11 is 5.25. The molecule has 0 N–H and O–H groups in total. The van der Waals surface area contributed by atoms with Gasteiger partial charge in [-0.1, -0.05) is 29.3 Å². The molecule has 0 aliphatic carbocycles. The Hall–Kier alpha value is -0.800. The van der Waals surface area contributed by atoms with Crippen LogP contribution < -0.4 is 0 Å². The summed E-state index contributed by atoms with van der Waals surface area (Å²) in [7, 11) is 0. The summed E-state index contributed by atoms with van der Waals surface area (Å²) in [5.74, 6) is 0.969. The summed E-state index contributed by atoms with van der Waals surface area (Å²) in [6, 6.07) is 10.8. The molecule has 0 atom stereocenters. The van der Waals surface area contributed by atoms with Crippen molar-refractivity contribution in [3.63, 3.8) is 0 Å². The van der Waals surface area contributed by atoms with Crippen molar-refractivity contribution in [2.24, 2.45) is 0 Å². The van der Waals surface area contributed by atoms with Gasteiger partial charge in [-0.3, -0.25) is 0 Å². The number of benzene rings is 1. The van der Waals surface area contributed by atoms with Gasteiger partial charge in [0.25, 0.3) is 0 Å². The van der Waals surface area contributed by atoms with Crippen LogP contribution in [0.3, 0.4) is 0 Å². The second kappa shape index (κ2) is 5.89. The topological polar surface area (TPSA) is 12.9 Å². The largest absolute Gasteiger partial charge is 0.246 e. The SMILES string of the molecule is Cc1cc(C)cc(CSc2ccc(Br)c(C)n2)c1. The number of aromatic nitrogens is 1. The maximum absolute atomic E-state index is 4.55. The van der Waals surface area contributed by atoms with Gasteiger partial charge in [0.1, 0.15) is 0 Å². The van der Waals surface area contributed by atoms with Gasteiger partial charge >= 0.3 is 0 Å². The zero-order chi connectivity index (χ0) is 13.1. The summed E-state index contributed by atoms with van der Waals surface area (Å²) in [5, 5.41) is 1.08. The van der Waals surface area contributed by atoms with Crippen molar-refractivity contribution in [3.8, 4) is 0 Å². The van der Waals surface area contributed by atoms with E-state index in [0.29, 0.717) is 0 Å². The first-order chi connectivity index (χ1) is 8.54. The van der Waals surface area contributed by atoms with Crippen LogP contribution in [0.5, 0.6) is 0 Å². The van der Waals surface area contributed by atoms with Crippen LogP contribution in [0.15, 0.2) is 39.8 Å². The lowest BCUT2D eigenvalue weighted by molar-refractivity contribution is 1.05. The second-order valence-electron chi connectivity index (χ2n) is 4.50. The number of nitrogens with zero attached hydrogens (tertiary/aromatic N) is 1. The van der Waals surface area contributed by atoms with E-state index in [1.165, 1.54) is 16.7 Å². The molecule has 1 aromatic carbocycles. The van der Waals surface area contributed by atoms with Gasteiger partial charge in [0.05, 0.1) is 10.7 Å². The predicted molar refractivity (Wildman–Crippen MR) is 82.2 cm³/mol. The first-order valence-electron chi connectivity index (χ1n) is 5.88. The van der Waals surface area contributed by atoms with E-state index in [-0.39, 0.29) is 0 Å². The minimum atomic E-state index is 0.969. The molecular weight excluding hydrogens is 306 g/mol. The van der Waals surface area contributed by atoms with Gasteiger partial charge in [-0.2, -0.15) is 0 Å². The molecule has 0 fully saturated rings. The third-order valence-corrected chi connectivity index (χ3v) is 4.50. The van der Waals surface area contributed by atoms with Crippen LogP contribution >= 0.6 is 27.7 Å². The van der Waals surface area contributed by atoms with Crippen LogP contribution in [-0.4, -0.2) is 4.98 Å². The third-order valence-electron chi connectivity index (χ3n) is 2.66. The maximum atomic E-state index is 4.55. The van der Waals surface area contributed by atoms with Crippen molar-refractivity contribution in [2.75, 3.05) is 0 Å². The van der Waals surface area contributed by atoms with Gasteiger partial charge < -0.3 is 0 Å². The van der Waals surface area contributed by atoms with Gasteiger partial charge in [-0.05, 0) is 54.4 Å². The summed E-state index contributed by atoms with van der Waals surface area (Å²) in [4.78, 5) is 4.55. The van der Waals surface area contributed by atoms with E-state index >= 15 is 0 Å². The van der Waals surface area contributed by atoms with Crippen molar-refractivity contribution in [2.45, 2.75) is 31.6 Å². The lowest BCUT2D eigenvalue weighted by Crippen LogP contribution is -1.88. The maximum Gasteiger partial charge on any atom is 0.0967 e. The highest BCUT2D eigenvalue weighted by molar-refractivity contribution is 9.10. The molecule has 0 amide bonds. The van der Waals surface area contributed by atoms with E-state index in [2.05, 4.69) is 65.1 Å². The number of rotatable bonds is 3. The van der Waals surface area contributed by atoms with E-state index in [9.17, 15) is 0 Å². The fraction of sp³-hybridized carbons (Fsp3) is 0.267. The van der Waals surface area contributed by atoms with Crippen molar-refractivity contribution < 1.29 is 0 Å². The molecule has 0 radical (unpaired) electrons. The van der Waals surface area contributed by atoms with Crippen molar-refractivity contribution in [3.05, 3.63) is 57.2 Å². The Morgan fingerprint density at radius 1 is 1.06 bits per heavy atom. The van der Waals surface area contributed by atoms with E-state index < -0.39 is 0 Å². The van der Waals surface area contributed by atoms with Gasteiger partial charge in [0.2, 0.25) is 0 Å². The average molecular weight is 322 g/mol. The number of aryl methyl sites for hydroxylation is 3. The molecule has 1 nitrogen and oxygen atoms in total. The molecule has 0 bridgehead atoms. The summed E-state index contributed by atoms with van der Waals surface area (Å²) in [6.45, 7) is 6.30. The highest BCUT2D eigenvalue weighted by Gasteiger charge is 2.02. The normalized spacial score (nSPS) is 10.7. The minimum absolute atomic E-state index is 0.969. The molecule has 18 heavy (non-hydrogen) atoms. The first-order valence-corrected chi connectivity index (χ1v) is 7.65. The van der Waals surface area contributed by atoms with Crippen LogP contribution in [0.2, 0.25) is 0 Å². The highest BCUT2D eigenvalue weighted by atomic mass is 79.9. The summed E-state index contributed by atoms with van der Waals surface area (Å²) in [6.07, 6.45) is 0. The van der Waals surface area contributed by atoms with Crippen LogP contribution in [0.25, 0.3) is 0 Å². The van der Waals surface area contributed by atoms with Crippen LogP contribution in [-0.2, 0) is 5.75 Å². The Balaban J connectivity index is 2.08. The number of hydrogen-bond donors (Lipinski definition) is 0. The summed E-state index contributed by atoms with van der Waals surface area (Å²) < 4.78 is 1.07. The molecule has 2 rings (SSSR count). The van der Waals surface area contributed by atoms with Gasteiger partial charge in [-0.25, -0.2) is 4.98 Å². The molecule has 94 valence electrons. The quantitative estimate of drug-likeness (QED) is 0.733. The number of pyridine rings is 1. The zero-order valence-corrected chi connectivity index (χ0v) is 13.2. The van der Waals surface area contributed by atoms with Gasteiger partial charge in [-0.15, -0.1) is 11.8 Å². The molecule has 1 heterocycles. The number of thioether (sulfide) groups is 1. The fourth-order valence-corrected chi connectivity index (χ4v) is 2.98. The number of halogens is 1. The monoisotopic (exact) mass is 321 g/mol. The van der Waals surface area contributed by atoms with E-state index in [1.54, 1.807) is 11.8 Å². The second-order valence-corrected chi connectivity index (χ2v) is 6.35. The van der Waals surface area contributed by atoms with Crippen LogP contribution in [0, 0.1) is 20.8 Å². The first kappa shape index (κ1) is 13.6. The zero-order valence-electron chi connectivity index (χ0n) is 10.8. The van der Waals surface area contributed by atoms with E-state index in [1.807, 2.05) is 6.92 Å². The standard InChI is InChI=1S/C15H16BrNS/c1-10-6-11(2)8-13(7-10)9-18-15-5-4-14(16)12(3)17-15/h4-8H,9H2,1-3H3. The Morgan fingerprint density at radius 2 is 1.72 bits per heavy atom. The van der Waals surface area contributed by atoms with Crippen LogP contribution in [0.1, 0.15) is 22.4 Å². The Labute approximate surface area is 121 Å². The van der Waals surface area contributed by atoms with Crippen molar-refractivity contribution >= 4 is 27.7 Å². The average Bonchev–Trinajstić information content (AvgIpc) is 2.29. The molecule has 0 aliphatic rings. The Kier molecular flexibility index (Phi) is 4.46. The lowest BCUT2D eigenvalue weighted by atomic mass is 10.1. The smallest absolute Gasteiger partial charge is 0.0967 e. The molecule has 0 saturated carbocycles. The van der Waals surface area contributed by atoms with Gasteiger partial charge in [0.15, 0.2) is 0 Å². The minimum Gasteiger partial charge on any atom is -0.246 e. The van der Waals surface area contributed by atoms with E-state index in [4.69, 9.17) is 0 Å². The fourth-order valence-electron chi connectivity index (χ4n) is 1.91. The molecule has 3 heteroatoms. The predicted octanol–water partition coefficient (Wildman–Crippen LogP) is 5.06. The number of hydrogen-bond acceptors (Lipinski definition) is 2. The molecule has 0 unspecified atom stereocenters. The molecule has 0 aliphatic heterocycles. The van der Waals surface area contributed by atoms with Gasteiger partial charge in [0, 0.05) is 10.2 Å². The molecular formula is C15H16BrNS. The van der Waals surface area contributed by atoms with Crippen molar-refractivity contribution in [1.29, 1.82) is 0 Å². The van der Waals surface area contributed by atoms with Crippen molar-refractivity contribution in [1.82, 2.24) is 4.98 Å². The molecule has 2 aromatic rings. The summed E-state index contributed by atoms with van der Waals surface area (Å²) in [5.41, 5.74) is 5.05. The molecule has 0 saturated heterocycles. The third kappa shape index (κ3) is 3.59. The lowest BCUT2D eigenvalue weighted by Gasteiger charge is -2.06. The van der Waals surface area contributed by atoms with E-state index in [0.717, 1.165) is 20.9 Å². The molecule has 1 aromatic heterocycles. The highest BCUT2D eigenvalue weighted by Crippen LogP contribution is 2.24. The Bertz CT molecular complexity index is 546.